The predicted molar refractivity (Wildman–Crippen MR) is 69.0 cm³/mol. The van der Waals surface area contributed by atoms with Gasteiger partial charge in [0.05, 0.1) is 28.6 Å². The van der Waals surface area contributed by atoms with E-state index in [0.717, 1.165) is 11.2 Å². The van der Waals surface area contributed by atoms with Gasteiger partial charge in [0.2, 0.25) is 5.92 Å². The Balaban J connectivity index is 1.54. The molecule has 0 N–H and O–H groups in total. The van der Waals surface area contributed by atoms with Crippen LogP contribution in [-0.2, 0) is 0 Å². The van der Waals surface area contributed by atoms with Gasteiger partial charge in [-0.25, -0.2) is 13.3 Å². The summed E-state index contributed by atoms with van der Waals surface area (Å²) in [7, 11) is 0. The molecule has 1 saturated carbocycles. The van der Waals surface area contributed by atoms with Crippen LogP contribution in [0.25, 0.3) is 5.52 Å². The smallest absolute Gasteiger partial charge is 0.249 e. The molecule has 4 rings (SSSR count). The third kappa shape index (κ3) is 1.64. The van der Waals surface area contributed by atoms with Crippen LogP contribution in [0.1, 0.15) is 12.8 Å². The number of rotatable bonds is 1. The maximum Gasteiger partial charge on any atom is 0.249 e. The zero-order chi connectivity index (χ0) is 13.3. The summed E-state index contributed by atoms with van der Waals surface area (Å²) in [5.74, 6) is -2.44. The van der Waals surface area contributed by atoms with Gasteiger partial charge in [0, 0.05) is 31.3 Å². The Kier molecular flexibility index (Phi) is 2.05. The molecule has 1 aliphatic carbocycles. The van der Waals surface area contributed by atoms with Gasteiger partial charge in [0.15, 0.2) is 0 Å². The summed E-state index contributed by atoms with van der Waals surface area (Å²) in [6, 6.07) is 3.87. The average Bonchev–Trinajstić information content (AvgIpc) is 2.64. The van der Waals surface area contributed by atoms with Crippen LogP contribution in [0.2, 0.25) is 5.02 Å². The lowest BCUT2D eigenvalue weighted by molar-refractivity contribution is -0.170. The first-order valence-corrected chi connectivity index (χ1v) is 6.60. The highest BCUT2D eigenvalue weighted by Crippen LogP contribution is 2.57. The molecule has 0 unspecified atom stereocenters. The second-order valence-corrected chi connectivity index (χ2v) is 6.18. The Morgan fingerprint density at radius 3 is 2.63 bits per heavy atom. The maximum absolute atomic E-state index is 12.9. The van der Waals surface area contributed by atoms with E-state index in [-0.39, 0.29) is 18.3 Å². The van der Waals surface area contributed by atoms with Crippen LogP contribution in [0.3, 0.4) is 0 Å². The first-order valence-electron chi connectivity index (χ1n) is 6.22. The van der Waals surface area contributed by atoms with Gasteiger partial charge in [-0.1, -0.05) is 11.6 Å². The number of alkyl halides is 2. The van der Waals surface area contributed by atoms with Crippen molar-refractivity contribution in [2.45, 2.75) is 18.8 Å². The number of hydrogen-bond acceptors (Lipinski definition) is 2. The van der Waals surface area contributed by atoms with Crippen molar-refractivity contribution in [1.82, 2.24) is 9.61 Å². The first-order chi connectivity index (χ1) is 8.96. The zero-order valence-electron chi connectivity index (χ0n) is 10.1. The highest BCUT2D eigenvalue weighted by Gasteiger charge is 2.61. The predicted octanol–water partition coefficient (Wildman–Crippen LogP) is 3.22. The largest absolute Gasteiger partial charge is 0.369 e. The van der Waals surface area contributed by atoms with Crippen molar-refractivity contribution in [2.75, 3.05) is 18.0 Å². The SMILES string of the molecule is FC1(F)CC2(CN(c3ccc4c(Cl)cnn4c3)C2)C1. The molecule has 19 heavy (non-hydrogen) atoms. The van der Waals surface area contributed by atoms with Gasteiger partial charge in [-0.2, -0.15) is 5.10 Å². The molecule has 2 aromatic rings. The number of anilines is 1. The quantitative estimate of drug-likeness (QED) is 0.801. The lowest BCUT2D eigenvalue weighted by Crippen LogP contribution is -2.66. The van der Waals surface area contributed by atoms with Gasteiger partial charge in [-0.15, -0.1) is 0 Å². The minimum Gasteiger partial charge on any atom is -0.369 e. The Morgan fingerprint density at radius 2 is 1.95 bits per heavy atom. The standard InChI is InChI=1S/C13H12ClF2N3/c14-10-3-17-19-4-9(1-2-11(10)19)18-7-12(8-18)5-13(15,16)6-12/h1-4H,5-8H2. The minimum absolute atomic E-state index is 0.0341. The summed E-state index contributed by atoms with van der Waals surface area (Å²) in [6.07, 6.45) is 3.56. The van der Waals surface area contributed by atoms with Crippen molar-refractivity contribution >= 4 is 22.8 Å². The summed E-state index contributed by atoms with van der Waals surface area (Å²) in [6.45, 7) is 1.42. The van der Waals surface area contributed by atoms with E-state index in [1.54, 1.807) is 10.7 Å². The molecule has 3 heterocycles. The lowest BCUT2D eigenvalue weighted by Gasteiger charge is -2.59. The minimum atomic E-state index is -2.44. The van der Waals surface area contributed by atoms with Crippen molar-refractivity contribution in [3.8, 4) is 0 Å². The molecule has 2 fully saturated rings. The fourth-order valence-corrected chi connectivity index (χ4v) is 3.54. The number of nitrogens with zero attached hydrogens (tertiary/aromatic N) is 3. The number of aromatic nitrogens is 2. The van der Waals surface area contributed by atoms with E-state index in [2.05, 4.69) is 10.00 Å². The normalized spacial score (nSPS) is 23.4. The van der Waals surface area contributed by atoms with E-state index in [9.17, 15) is 8.78 Å². The van der Waals surface area contributed by atoms with E-state index in [1.807, 2.05) is 18.3 Å². The van der Waals surface area contributed by atoms with Gasteiger partial charge in [-0.3, -0.25) is 0 Å². The van der Waals surface area contributed by atoms with Crippen molar-refractivity contribution in [1.29, 1.82) is 0 Å². The van der Waals surface area contributed by atoms with Gasteiger partial charge in [0.25, 0.3) is 0 Å². The van der Waals surface area contributed by atoms with Crippen LogP contribution in [0.5, 0.6) is 0 Å². The molecule has 3 nitrogen and oxygen atoms in total. The van der Waals surface area contributed by atoms with Crippen LogP contribution in [0.4, 0.5) is 14.5 Å². The average molecular weight is 284 g/mol. The summed E-state index contributed by atoms with van der Waals surface area (Å²) in [5, 5.41) is 4.77. The van der Waals surface area contributed by atoms with Crippen LogP contribution in [0.15, 0.2) is 24.5 Å². The number of pyridine rings is 1. The molecule has 0 aromatic carbocycles. The molecule has 2 aliphatic rings. The molecule has 1 aliphatic heterocycles. The number of halogens is 3. The van der Waals surface area contributed by atoms with Gasteiger partial charge in [-0.05, 0) is 12.1 Å². The van der Waals surface area contributed by atoms with Gasteiger partial charge < -0.3 is 4.90 Å². The molecule has 1 spiro atoms. The number of hydrogen-bond donors (Lipinski definition) is 0. The summed E-state index contributed by atoms with van der Waals surface area (Å²) in [5.41, 5.74) is 1.71. The van der Waals surface area contributed by atoms with Crippen LogP contribution in [0, 0.1) is 5.41 Å². The molecule has 0 amide bonds. The van der Waals surface area contributed by atoms with Crippen molar-refractivity contribution in [2.24, 2.45) is 5.41 Å². The molecule has 1 saturated heterocycles. The second-order valence-electron chi connectivity index (χ2n) is 5.78. The Hall–Kier alpha value is -1.36. The van der Waals surface area contributed by atoms with Crippen LogP contribution in [-0.4, -0.2) is 28.6 Å². The monoisotopic (exact) mass is 283 g/mol. The highest BCUT2D eigenvalue weighted by molar-refractivity contribution is 6.33. The highest BCUT2D eigenvalue weighted by atomic mass is 35.5. The van der Waals surface area contributed by atoms with E-state index >= 15 is 0 Å². The summed E-state index contributed by atoms with van der Waals surface area (Å²) in [4.78, 5) is 2.12. The zero-order valence-corrected chi connectivity index (χ0v) is 10.9. The fraction of sp³-hybridized carbons (Fsp3) is 0.462. The molecular formula is C13H12ClF2N3. The van der Waals surface area contributed by atoms with Crippen molar-refractivity contribution in [3.05, 3.63) is 29.5 Å². The molecule has 0 bridgehead atoms. The number of fused-ring (bicyclic) bond motifs is 1. The molecule has 0 atom stereocenters. The van der Waals surface area contributed by atoms with E-state index in [0.29, 0.717) is 18.1 Å². The van der Waals surface area contributed by atoms with E-state index < -0.39 is 5.92 Å². The van der Waals surface area contributed by atoms with Gasteiger partial charge >= 0.3 is 0 Å². The van der Waals surface area contributed by atoms with Crippen LogP contribution >= 0.6 is 11.6 Å². The summed E-state index contributed by atoms with van der Waals surface area (Å²) >= 11 is 5.98. The second kappa shape index (κ2) is 3.39. The maximum atomic E-state index is 12.9. The summed E-state index contributed by atoms with van der Waals surface area (Å²) < 4.78 is 27.6. The van der Waals surface area contributed by atoms with Crippen molar-refractivity contribution < 1.29 is 8.78 Å². The molecule has 100 valence electrons. The fourth-order valence-electron chi connectivity index (χ4n) is 3.34. The van der Waals surface area contributed by atoms with Gasteiger partial charge in [0.1, 0.15) is 0 Å². The van der Waals surface area contributed by atoms with E-state index in [4.69, 9.17) is 11.6 Å². The van der Waals surface area contributed by atoms with E-state index in [1.165, 1.54) is 0 Å². The molecular weight excluding hydrogens is 272 g/mol. The topological polar surface area (TPSA) is 20.5 Å². The Bertz CT molecular complexity index is 651. The van der Waals surface area contributed by atoms with Crippen molar-refractivity contribution in [3.63, 3.8) is 0 Å². The third-order valence-corrected chi connectivity index (χ3v) is 4.43. The Morgan fingerprint density at radius 1 is 1.21 bits per heavy atom. The third-order valence-electron chi connectivity index (χ3n) is 4.14. The lowest BCUT2D eigenvalue weighted by atomic mass is 9.61. The Labute approximate surface area is 113 Å². The molecule has 2 aromatic heterocycles. The molecule has 6 heteroatoms. The molecule has 0 radical (unpaired) electrons. The first kappa shape index (κ1) is 11.5. The van der Waals surface area contributed by atoms with Crippen LogP contribution < -0.4 is 4.90 Å².